The molecule has 2 aromatic rings. The molecule has 6 heteroatoms. The average molecular weight is 419 g/mol. The van der Waals surface area contributed by atoms with Gasteiger partial charge in [-0.15, -0.1) is 0 Å². The van der Waals surface area contributed by atoms with Crippen LogP contribution in [0.1, 0.15) is 12.7 Å². The number of nitrogens with two attached hydrogens (primary N) is 1. The Morgan fingerprint density at radius 2 is 2.11 bits per heavy atom. The van der Waals surface area contributed by atoms with Gasteiger partial charge in [-0.05, 0) is 56.7 Å². The smallest absolute Gasteiger partial charge is 0.136 e. The number of aryl methyl sites for hydroxylation is 1. The number of rotatable bonds is 3. The predicted molar refractivity (Wildman–Crippen MR) is 86.0 cm³/mol. The van der Waals surface area contributed by atoms with Crippen LogP contribution in [0.5, 0.6) is 0 Å². The van der Waals surface area contributed by atoms with Crippen molar-refractivity contribution < 1.29 is 0 Å². The highest BCUT2D eigenvalue weighted by Gasteiger charge is 2.03. The fourth-order valence-corrected chi connectivity index (χ4v) is 2.22. The Balaban J connectivity index is 2.27. The normalized spacial score (nSPS) is 10.4. The number of hydrogen-bond donors (Lipinski definition) is 2. The molecule has 0 aliphatic rings. The molecule has 1 aromatic heterocycles. The fraction of sp³-hybridized carbons (Fsp3) is 0.167. The number of benzene rings is 1. The maximum atomic E-state index is 5.74. The largest absolute Gasteiger partial charge is 0.384 e. The topological polar surface area (TPSA) is 63.8 Å². The molecule has 0 saturated carbocycles. The summed E-state index contributed by atoms with van der Waals surface area (Å²) in [6, 6.07) is 7.74. The quantitative estimate of drug-likeness (QED) is 0.745. The second-order valence-electron chi connectivity index (χ2n) is 3.70. The fourth-order valence-electron chi connectivity index (χ4n) is 1.46. The van der Waals surface area contributed by atoms with E-state index in [-0.39, 0.29) is 0 Å². The molecule has 0 amide bonds. The highest BCUT2D eigenvalue weighted by Crippen LogP contribution is 2.24. The van der Waals surface area contributed by atoms with Crippen LogP contribution < -0.4 is 11.1 Å². The SMILES string of the molecule is CCc1nc(N)cc(Nc2ccc(Br)c(I)c2)n1. The summed E-state index contributed by atoms with van der Waals surface area (Å²) in [5, 5.41) is 3.23. The first-order valence-electron chi connectivity index (χ1n) is 5.44. The van der Waals surface area contributed by atoms with Crippen LogP contribution in [0.2, 0.25) is 0 Å². The van der Waals surface area contributed by atoms with E-state index in [2.05, 4.69) is 53.8 Å². The minimum atomic E-state index is 0.483. The summed E-state index contributed by atoms with van der Waals surface area (Å²) in [4.78, 5) is 8.53. The number of nitrogens with zero attached hydrogens (tertiary/aromatic N) is 2. The van der Waals surface area contributed by atoms with Gasteiger partial charge in [-0.3, -0.25) is 0 Å². The number of nitrogen functional groups attached to an aromatic ring is 1. The number of aromatic nitrogens is 2. The molecule has 0 spiro atoms. The van der Waals surface area contributed by atoms with Gasteiger partial charge in [-0.1, -0.05) is 6.92 Å². The van der Waals surface area contributed by atoms with E-state index in [0.717, 1.165) is 31.8 Å². The number of hydrogen-bond acceptors (Lipinski definition) is 4. The number of anilines is 3. The Labute approximate surface area is 128 Å². The van der Waals surface area contributed by atoms with E-state index in [1.54, 1.807) is 6.07 Å². The van der Waals surface area contributed by atoms with E-state index >= 15 is 0 Å². The predicted octanol–water partition coefficient (Wildman–Crippen LogP) is 3.73. The van der Waals surface area contributed by atoms with E-state index in [9.17, 15) is 0 Å². The van der Waals surface area contributed by atoms with E-state index in [1.807, 2.05) is 25.1 Å². The van der Waals surface area contributed by atoms with E-state index < -0.39 is 0 Å². The summed E-state index contributed by atoms with van der Waals surface area (Å²) in [7, 11) is 0. The molecule has 3 N–H and O–H groups in total. The van der Waals surface area contributed by atoms with Crippen LogP contribution in [0.3, 0.4) is 0 Å². The molecule has 0 radical (unpaired) electrons. The van der Waals surface area contributed by atoms with Crippen molar-refractivity contribution in [2.45, 2.75) is 13.3 Å². The summed E-state index contributed by atoms with van der Waals surface area (Å²) in [5.41, 5.74) is 6.72. The lowest BCUT2D eigenvalue weighted by molar-refractivity contribution is 0.948. The Kier molecular flexibility index (Phi) is 4.39. The van der Waals surface area contributed by atoms with Crippen LogP contribution in [0, 0.1) is 3.57 Å². The summed E-state index contributed by atoms with van der Waals surface area (Å²) in [5.74, 6) is 1.94. The Bertz CT molecular complexity index is 574. The Morgan fingerprint density at radius 1 is 1.33 bits per heavy atom. The Hall–Kier alpha value is -0.890. The Morgan fingerprint density at radius 3 is 2.78 bits per heavy atom. The van der Waals surface area contributed by atoms with Crippen molar-refractivity contribution in [2.24, 2.45) is 0 Å². The zero-order chi connectivity index (χ0) is 13.1. The minimum absolute atomic E-state index is 0.483. The summed E-state index contributed by atoms with van der Waals surface area (Å²) >= 11 is 5.74. The maximum Gasteiger partial charge on any atom is 0.136 e. The number of halogens is 2. The molecule has 0 bridgehead atoms. The minimum Gasteiger partial charge on any atom is -0.384 e. The van der Waals surface area contributed by atoms with Crippen LogP contribution in [0.25, 0.3) is 0 Å². The highest BCUT2D eigenvalue weighted by molar-refractivity contribution is 14.1. The molecule has 0 aliphatic heterocycles. The van der Waals surface area contributed by atoms with Gasteiger partial charge in [0.1, 0.15) is 17.5 Å². The van der Waals surface area contributed by atoms with Crippen molar-refractivity contribution in [3.8, 4) is 0 Å². The van der Waals surface area contributed by atoms with Gasteiger partial charge in [0.05, 0.1) is 0 Å². The van der Waals surface area contributed by atoms with Gasteiger partial charge in [-0.25, -0.2) is 9.97 Å². The lowest BCUT2D eigenvalue weighted by Crippen LogP contribution is -2.02. The van der Waals surface area contributed by atoms with Gasteiger partial charge in [-0.2, -0.15) is 0 Å². The zero-order valence-electron chi connectivity index (χ0n) is 9.74. The van der Waals surface area contributed by atoms with Crippen molar-refractivity contribution in [3.05, 3.63) is 38.1 Å². The van der Waals surface area contributed by atoms with E-state index in [1.165, 1.54) is 0 Å². The van der Waals surface area contributed by atoms with Gasteiger partial charge in [0.15, 0.2) is 0 Å². The summed E-state index contributed by atoms with van der Waals surface area (Å²) in [6.07, 6.45) is 0.762. The van der Waals surface area contributed by atoms with Crippen LogP contribution in [-0.4, -0.2) is 9.97 Å². The van der Waals surface area contributed by atoms with Gasteiger partial charge in [0, 0.05) is 26.2 Å². The van der Waals surface area contributed by atoms with Gasteiger partial charge < -0.3 is 11.1 Å². The van der Waals surface area contributed by atoms with Crippen molar-refractivity contribution >= 4 is 55.8 Å². The summed E-state index contributed by atoms with van der Waals surface area (Å²) < 4.78 is 2.21. The van der Waals surface area contributed by atoms with Crippen molar-refractivity contribution in [1.82, 2.24) is 9.97 Å². The molecule has 0 unspecified atom stereocenters. The number of nitrogens with one attached hydrogen (secondary N) is 1. The first-order valence-corrected chi connectivity index (χ1v) is 7.31. The molecule has 18 heavy (non-hydrogen) atoms. The van der Waals surface area contributed by atoms with Crippen molar-refractivity contribution in [3.63, 3.8) is 0 Å². The van der Waals surface area contributed by atoms with Crippen molar-refractivity contribution in [2.75, 3.05) is 11.1 Å². The van der Waals surface area contributed by atoms with E-state index in [4.69, 9.17) is 5.73 Å². The molecule has 94 valence electrons. The second-order valence-corrected chi connectivity index (χ2v) is 5.72. The first-order chi connectivity index (χ1) is 8.58. The molecule has 0 saturated heterocycles. The van der Waals surface area contributed by atoms with Crippen molar-refractivity contribution in [1.29, 1.82) is 0 Å². The molecule has 2 rings (SSSR count). The van der Waals surface area contributed by atoms with Crippen LogP contribution >= 0.6 is 38.5 Å². The molecular formula is C12H12BrIN4. The third-order valence-electron chi connectivity index (χ3n) is 2.30. The average Bonchev–Trinajstić information content (AvgIpc) is 2.33. The summed E-state index contributed by atoms with van der Waals surface area (Å²) in [6.45, 7) is 2.00. The standard InChI is InChI=1S/C12H12BrIN4/c1-2-11-17-10(15)6-12(18-11)16-7-3-4-8(13)9(14)5-7/h3-6H,2H2,1H3,(H3,15,16,17,18). The van der Waals surface area contributed by atoms with Crippen LogP contribution in [0.15, 0.2) is 28.7 Å². The van der Waals surface area contributed by atoms with Gasteiger partial charge in [0.25, 0.3) is 0 Å². The third kappa shape index (κ3) is 3.32. The molecule has 0 aliphatic carbocycles. The molecule has 0 fully saturated rings. The zero-order valence-corrected chi connectivity index (χ0v) is 13.5. The monoisotopic (exact) mass is 418 g/mol. The van der Waals surface area contributed by atoms with E-state index in [0.29, 0.717) is 5.82 Å². The molecule has 1 heterocycles. The first kappa shape index (κ1) is 13.5. The van der Waals surface area contributed by atoms with Crippen LogP contribution in [-0.2, 0) is 6.42 Å². The molecule has 1 aromatic carbocycles. The second kappa shape index (κ2) is 5.83. The van der Waals surface area contributed by atoms with Gasteiger partial charge in [0.2, 0.25) is 0 Å². The maximum absolute atomic E-state index is 5.74. The van der Waals surface area contributed by atoms with Gasteiger partial charge >= 0.3 is 0 Å². The van der Waals surface area contributed by atoms with Crippen LogP contribution in [0.4, 0.5) is 17.3 Å². The highest BCUT2D eigenvalue weighted by atomic mass is 127. The lowest BCUT2D eigenvalue weighted by Gasteiger charge is -2.08. The molecule has 4 nitrogen and oxygen atoms in total. The molecule has 0 atom stereocenters. The lowest BCUT2D eigenvalue weighted by atomic mass is 10.3. The third-order valence-corrected chi connectivity index (χ3v) is 4.63. The molecular weight excluding hydrogens is 407 g/mol.